The van der Waals surface area contributed by atoms with Crippen molar-refractivity contribution in [3.63, 3.8) is 0 Å². The van der Waals surface area contributed by atoms with Gasteiger partial charge in [-0.2, -0.15) is 0 Å². The van der Waals surface area contributed by atoms with Crippen LogP contribution in [0.4, 0.5) is 0 Å². The lowest BCUT2D eigenvalue weighted by Crippen LogP contribution is -2.25. The average molecular weight is 364 g/mol. The molecule has 0 fully saturated rings. The fourth-order valence-corrected chi connectivity index (χ4v) is 3.12. The zero-order valence-corrected chi connectivity index (χ0v) is 15.9. The van der Waals surface area contributed by atoms with Gasteiger partial charge in [-0.15, -0.1) is 0 Å². The Morgan fingerprint density at radius 2 is 1.85 bits per heavy atom. The van der Waals surface area contributed by atoms with Gasteiger partial charge in [0.2, 0.25) is 5.91 Å². The van der Waals surface area contributed by atoms with Gasteiger partial charge in [-0.05, 0) is 48.2 Å². The highest BCUT2D eigenvalue weighted by Crippen LogP contribution is 2.27. The number of aromatic nitrogens is 1. The van der Waals surface area contributed by atoms with Crippen LogP contribution in [0.5, 0.6) is 11.5 Å². The van der Waals surface area contributed by atoms with Gasteiger partial charge in [0.05, 0.1) is 14.2 Å². The van der Waals surface area contributed by atoms with Crippen LogP contribution in [0, 0.1) is 6.92 Å². The summed E-state index contributed by atoms with van der Waals surface area (Å²) in [4.78, 5) is 12.1. The van der Waals surface area contributed by atoms with Crippen molar-refractivity contribution in [1.29, 1.82) is 0 Å². The smallest absolute Gasteiger partial charge is 0.244 e. The minimum Gasteiger partial charge on any atom is -0.493 e. The third-order valence-electron chi connectivity index (χ3n) is 4.49. The van der Waals surface area contributed by atoms with E-state index in [9.17, 15) is 4.79 Å². The fraction of sp³-hybridized carbons (Fsp3) is 0.227. The number of nitrogens with one attached hydrogen (secondary N) is 1. The molecule has 2 aromatic carbocycles. The fourth-order valence-electron chi connectivity index (χ4n) is 3.12. The summed E-state index contributed by atoms with van der Waals surface area (Å²) >= 11 is 0. The maximum Gasteiger partial charge on any atom is 0.244 e. The number of rotatable bonds is 7. The highest BCUT2D eigenvalue weighted by molar-refractivity contribution is 5.91. The molecule has 0 unspecified atom stereocenters. The standard InChI is InChI=1S/C22H24N2O3/c1-16-14-18-6-4-5-7-19(18)24(16)13-12-23-22(25)11-9-17-8-10-20(26-2)21(15-17)27-3/h4-11,14-15H,12-13H2,1-3H3,(H,23,25)/b11-9+. The SMILES string of the molecule is COc1ccc(/C=C/C(=O)NCCn2c(C)cc3ccccc32)cc1OC. The molecule has 0 radical (unpaired) electrons. The molecule has 5 heteroatoms. The number of nitrogens with zero attached hydrogens (tertiary/aromatic N) is 1. The summed E-state index contributed by atoms with van der Waals surface area (Å²) in [5.41, 5.74) is 3.24. The normalized spacial score (nSPS) is 11.1. The van der Waals surface area contributed by atoms with Crippen LogP contribution in [0.15, 0.2) is 54.6 Å². The summed E-state index contributed by atoms with van der Waals surface area (Å²) in [5, 5.41) is 4.15. The van der Waals surface area contributed by atoms with Gasteiger partial charge in [0, 0.05) is 30.4 Å². The molecule has 0 aliphatic heterocycles. The first-order chi connectivity index (χ1) is 13.1. The van der Waals surface area contributed by atoms with Gasteiger partial charge in [-0.1, -0.05) is 24.3 Å². The highest BCUT2D eigenvalue weighted by atomic mass is 16.5. The third-order valence-corrected chi connectivity index (χ3v) is 4.49. The van der Waals surface area contributed by atoms with E-state index in [2.05, 4.69) is 35.0 Å². The van der Waals surface area contributed by atoms with Crippen molar-refractivity contribution in [3.05, 3.63) is 65.9 Å². The average Bonchev–Trinajstić information content (AvgIpc) is 3.01. The van der Waals surface area contributed by atoms with Gasteiger partial charge in [0.1, 0.15) is 0 Å². The number of hydrogen-bond donors (Lipinski definition) is 1. The second kappa shape index (κ2) is 8.45. The molecular weight excluding hydrogens is 340 g/mol. The van der Waals surface area contributed by atoms with Crippen molar-refractivity contribution >= 4 is 22.9 Å². The predicted octanol–water partition coefficient (Wildman–Crippen LogP) is 3.80. The number of amides is 1. The molecule has 0 saturated heterocycles. The maximum atomic E-state index is 12.1. The van der Waals surface area contributed by atoms with E-state index in [4.69, 9.17) is 9.47 Å². The van der Waals surface area contributed by atoms with Crippen LogP contribution in [-0.2, 0) is 11.3 Å². The Morgan fingerprint density at radius 1 is 1.07 bits per heavy atom. The van der Waals surface area contributed by atoms with Gasteiger partial charge in [0.15, 0.2) is 11.5 Å². The molecule has 5 nitrogen and oxygen atoms in total. The van der Waals surface area contributed by atoms with E-state index in [0.717, 1.165) is 12.1 Å². The summed E-state index contributed by atoms with van der Waals surface area (Å²) in [7, 11) is 3.18. The van der Waals surface area contributed by atoms with Gasteiger partial charge in [-0.25, -0.2) is 0 Å². The molecule has 0 bridgehead atoms. The van der Waals surface area contributed by atoms with Crippen molar-refractivity contribution < 1.29 is 14.3 Å². The van der Waals surface area contributed by atoms with Crippen molar-refractivity contribution in [2.24, 2.45) is 0 Å². The van der Waals surface area contributed by atoms with Gasteiger partial charge in [-0.3, -0.25) is 4.79 Å². The largest absolute Gasteiger partial charge is 0.493 e. The number of benzene rings is 2. The quantitative estimate of drug-likeness (QED) is 0.649. The summed E-state index contributed by atoms with van der Waals surface area (Å²) in [6, 6.07) is 15.9. The Kier molecular flexibility index (Phi) is 5.81. The van der Waals surface area contributed by atoms with Crippen LogP contribution in [0.2, 0.25) is 0 Å². The van der Waals surface area contributed by atoms with E-state index in [1.54, 1.807) is 20.3 Å². The Bertz CT molecular complexity index is 973. The zero-order chi connectivity index (χ0) is 19.2. The molecule has 140 valence electrons. The van der Waals surface area contributed by atoms with Crippen molar-refractivity contribution in [2.75, 3.05) is 20.8 Å². The van der Waals surface area contributed by atoms with Crippen molar-refractivity contribution in [2.45, 2.75) is 13.5 Å². The number of methoxy groups -OCH3 is 2. The van der Waals surface area contributed by atoms with E-state index < -0.39 is 0 Å². The lowest BCUT2D eigenvalue weighted by atomic mass is 10.2. The van der Waals surface area contributed by atoms with Crippen LogP contribution in [0.3, 0.4) is 0 Å². The molecule has 1 N–H and O–H groups in total. The van der Waals surface area contributed by atoms with Gasteiger partial charge >= 0.3 is 0 Å². The molecule has 0 saturated carbocycles. The first-order valence-electron chi connectivity index (χ1n) is 8.85. The monoisotopic (exact) mass is 364 g/mol. The maximum absolute atomic E-state index is 12.1. The number of para-hydroxylation sites is 1. The zero-order valence-electron chi connectivity index (χ0n) is 15.9. The van der Waals surface area contributed by atoms with E-state index in [0.29, 0.717) is 18.0 Å². The Balaban J connectivity index is 1.58. The van der Waals surface area contributed by atoms with Crippen LogP contribution in [0.25, 0.3) is 17.0 Å². The van der Waals surface area contributed by atoms with E-state index in [-0.39, 0.29) is 5.91 Å². The Labute approximate surface area is 159 Å². The molecule has 0 aliphatic rings. The molecular formula is C22H24N2O3. The Morgan fingerprint density at radius 3 is 2.63 bits per heavy atom. The van der Waals surface area contributed by atoms with Crippen LogP contribution < -0.4 is 14.8 Å². The first-order valence-corrected chi connectivity index (χ1v) is 8.85. The second-order valence-corrected chi connectivity index (χ2v) is 6.23. The predicted molar refractivity (Wildman–Crippen MR) is 108 cm³/mol. The van der Waals surface area contributed by atoms with Crippen molar-refractivity contribution in [1.82, 2.24) is 9.88 Å². The number of carbonyl (C=O) groups is 1. The number of fused-ring (bicyclic) bond motifs is 1. The number of ether oxygens (including phenoxy) is 2. The lowest BCUT2D eigenvalue weighted by Gasteiger charge is -2.09. The molecule has 1 heterocycles. The van der Waals surface area contributed by atoms with Gasteiger partial charge in [0.25, 0.3) is 0 Å². The summed E-state index contributed by atoms with van der Waals surface area (Å²) in [5.74, 6) is 1.17. The first kappa shape index (κ1) is 18.6. The van der Waals surface area contributed by atoms with E-state index in [1.165, 1.54) is 22.7 Å². The van der Waals surface area contributed by atoms with Crippen molar-refractivity contribution in [3.8, 4) is 11.5 Å². The van der Waals surface area contributed by atoms with Crippen LogP contribution >= 0.6 is 0 Å². The molecule has 3 aromatic rings. The second-order valence-electron chi connectivity index (χ2n) is 6.23. The minimum atomic E-state index is -0.126. The van der Waals surface area contributed by atoms with Crippen LogP contribution in [-0.4, -0.2) is 31.2 Å². The highest BCUT2D eigenvalue weighted by Gasteiger charge is 2.05. The van der Waals surface area contributed by atoms with E-state index >= 15 is 0 Å². The molecule has 1 amide bonds. The van der Waals surface area contributed by atoms with E-state index in [1.807, 2.05) is 30.3 Å². The summed E-state index contributed by atoms with van der Waals surface area (Å²) in [6.07, 6.45) is 3.29. The topological polar surface area (TPSA) is 52.5 Å². The molecule has 1 aromatic heterocycles. The minimum absolute atomic E-state index is 0.126. The lowest BCUT2D eigenvalue weighted by molar-refractivity contribution is -0.116. The molecule has 0 atom stereocenters. The third kappa shape index (κ3) is 4.31. The molecule has 3 rings (SSSR count). The molecule has 0 aliphatic carbocycles. The summed E-state index contributed by atoms with van der Waals surface area (Å²) < 4.78 is 12.7. The molecule has 27 heavy (non-hydrogen) atoms. The molecule has 0 spiro atoms. The van der Waals surface area contributed by atoms with Crippen LogP contribution in [0.1, 0.15) is 11.3 Å². The Hall–Kier alpha value is -3.21. The summed E-state index contributed by atoms with van der Waals surface area (Å²) in [6.45, 7) is 3.38. The number of aryl methyl sites for hydroxylation is 1. The number of carbonyl (C=O) groups excluding carboxylic acids is 1. The number of hydrogen-bond acceptors (Lipinski definition) is 3. The van der Waals surface area contributed by atoms with Gasteiger partial charge < -0.3 is 19.4 Å².